The van der Waals surface area contributed by atoms with Crippen LogP contribution in [0.2, 0.25) is 0 Å². The van der Waals surface area contributed by atoms with E-state index in [1.54, 1.807) is 50.8 Å². The molecule has 2 heterocycles. The second kappa shape index (κ2) is 16.3. The first-order valence-electron chi connectivity index (χ1n) is 18.3. The van der Waals surface area contributed by atoms with E-state index in [1.165, 1.54) is 16.8 Å². The van der Waals surface area contributed by atoms with Crippen molar-refractivity contribution in [1.29, 1.82) is 0 Å². The van der Waals surface area contributed by atoms with E-state index in [-0.39, 0.29) is 47.3 Å². The molecule has 3 atom stereocenters. The summed E-state index contributed by atoms with van der Waals surface area (Å²) in [5, 5.41) is 15.0. The summed E-state index contributed by atoms with van der Waals surface area (Å²) in [6.07, 6.45) is 6.94. The van der Waals surface area contributed by atoms with Crippen LogP contribution in [0.15, 0.2) is 24.3 Å². The Balaban J connectivity index is 1.31. The maximum atomic E-state index is 14.2. The van der Waals surface area contributed by atoms with Crippen molar-refractivity contribution in [2.75, 3.05) is 18.5 Å². The number of carbonyl (C=O) groups is 4. The Kier molecular flexibility index (Phi) is 12.3. The highest BCUT2D eigenvalue weighted by atomic mass is 32.2. The summed E-state index contributed by atoms with van der Waals surface area (Å²) in [4.78, 5) is 57.1. The smallest absolute Gasteiger partial charge is 0.404 e. The lowest BCUT2D eigenvalue weighted by Gasteiger charge is -2.37. The molecule has 13 nitrogen and oxygen atoms in total. The van der Waals surface area contributed by atoms with Gasteiger partial charge in [0.1, 0.15) is 18.4 Å². The monoisotopic (exact) mass is 732 g/mol. The van der Waals surface area contributed by atoms with Gasteiger partial charge in [-0.1, -0.05) is 32.1 Å². The topological polar surface area (TPSA) is 181 Å². The number of H-pyrrole nitrogens is 1. The molecule has 0 radical (unpaired) electrons. The fourth-order valence-electron chi connectivity index (χ4n) is 8.82. The van der Waals surface area contributed by atoms with E-state index in [0.717, 1.165) is 32.1 Å². The second-order valence-corrected chi connectivity index (χ2v) is 16.7. The third kappa shape index (κ3) is 8.85. The maximum Gasteiger partial charge on any atom is 0.404 e. The Bertz CT molecular complexity index is 1680. The molecule has 2 aromatic rings. The van der Waals surface area contributed by atoms with Gasteiger partial charge in [-0.3, -0.25) is 14.4 Å². The predicted molar refractivity (Wildman–Crippen MR) is 192 cm³/mol. The fraction of sp³-hybridized carbons (Fsp3) is 0.667. The summed E-state index contributed by atoms with van der Waals surface area (Å²) in [5.74, 6) is -1.29. The lowest BCUT2D eigenvalue weighted by Crippen LogP contribution is -2.50. The molecular formula is C36H53FN6O7S. The van der Waals surface area contributed by atoms with E-state index >= 15 is 0 Å². The zero-order chi connectivity index (χ0) is 37.0. The molecule has 0 bridgehead atoms. The number of carboxylic acid groups (broad SMARTS) is 1. The molecule has 4 amide bonds. The summed E-state index contributed by atoms with van der Waals surface area (Å²) in [6, 6.07) is 4.52. The molecule has 0 unspecified atom stereocenters. The van der Waals surface area contributed by atoms with Gasteiger partial charge in [0, 0.05) is 41.1 Å². The summed E-state index contributed by atoms with van der Waals surface area (Å²) in [5.41, 5.74) is 1.13. The van der Waals surface area contributed by atoms with Gasteiger partial charge in [-0.2, -0.15) is 12.7 Å². The van der Waals surface area contributed by atoms with Crippen molar-refractivity contribution >= 4 is 50.6 Å². The van der Waals surface area contributed by atoms with Crippen molar-refractivity contribution in [3.8, 4) is 0 Å². The number of hydrogen-bond donors (Lipinski definition) is 5. The van der Waals surface area contributed by atoms with E-state index in [2.05, 4.69) is 20.3 Å². The highest BCUT2D eigenvalue weighted by Gasteiger charge is 2.47. The van der Waals surface area contributed by atoms with Crippen LogP contribution in [0.1, 0.15) is 102 Å². The molecule has 282 valence electrons. The molecular weight excluding hydrogens is 679 g/mol. The van der Waals surface area contributed by atoms with Crippen LogP contribution in [0.3, 0.4) is 0 Å². The van der Waals surface area contributed by atoms with E-state index in [9.17, 15) is 32.0 Å². The number of rotatable bonds is 12. The lowest BCUT2D eigenvalue weighted by atomic mass is 9.76. The van der Waals surface area contributed by atoms with Gasteiger partial charge in [0.15, 0.2) is 0 Å². The van der Waals surface area contributed by atoms with Gasteiger partial charge in [0.05, 0.1) is 6.04 Å². The molecule has 3 fully saturated rings. The average Bonchev–Trinajstić information content (AvgIpc) is 3.72. The van der Waals surface area contributed by atoms with Crippen LogP contribution in [0.4, 0.5) is 14.9 Å². The first-order valence-corrected chi connectivity index (χ1v) is 19.8. The molecule has 1 saturated heterocycles. The average molecular weight is 733 g/mol. The Morgan fingerprint density at radius 1 is 0.961 bits per heavy atom. The van der Waals surface area contributed by atoms with Crippen LogP contribution in [-0.4, -0.2) is 88.9 Å². The minimum atomic E-state index is -4.10. The third-order valence-electron chi connectivity index (χ3n) is 11.1. The summed E-state index contributed by atoms with van der Waals surface area (Å²) in [7, 11) is -4.10. The third-order valence-corrected chi connectivity index (χ3v) is 12.9. The Morgan fingerprint density at radius 3 is 2.24 bits per heavy atom. The van der Waals surface area contributed by atoms with Crippen LogP contribution in [0.5, 0.6) is 0 Å². The number of nitrogens with one attached hydrogen (secondary N) is 4. The highest BCUT2D eigenvalue weighted by Crippen LogP contribution is 2.41. The normalized spacial score (nSPS) is 23.9. The largest absolute Gasteiger partial charge is 0.465 e. The van der Waals surface area contributed by atoms with Crippen LogP contribution in [0, 0.1) is 23.7 Å². The van der Waals surface area contributed by atoms with Crippen LogP contribution < -0.4 is 15.4 Å². The Hall–Kier alpha value is -3.72. The lowest BCUT2D eigenvalue weighted by molar-refractivity contribution is -0.142. The number of halogens is 1. The molecule has 5 N–H and O–H groups in total. The number of benzene rings is 1. The van der Waals surface area contributed by atoms with Gasteiger partial charge in [-0.15, -0.1) is 0 Å². The molecule has 2 aliphatic carbocycles. The fourth-order valence-corrected chi connectivity index (χ4v) is 10.4. The van der Waals surface area contributed by atoms with Crippen molar-refractivity contribution in [1.82, 2.24) is 24.2 Å². The SMILES string of the molecule is CC(C)N(C(C)C)S(=O)(=O)NC(=O)c1cc2cc(NC(=O)[C@@H]3[C@H](C4CCCCC4)CCN3C(=O)[C@H]3CC[C@H]([C@@H](CF)NC(=O)O)CC3)ccc2[nH]1. The van der Waals surface area contributed by atoms with Crippen LogP contribution in [-0.2, 0) is 19.8 Å². The van der Waals surface area contributed by atoms with Gasteiger partial charge in [0.2, 0.25) is 11.8 Å². The standard InChI is InChI=1S/C36H53FN6O7S/c1-21(2)43(22(3)4)51(49,50)41-33(44)30-19-26-18-27(14-15-29(26)39-30)38-34(45)32-28(23-8-6-5-7-9-23)16-17-42(32)35(46)25-12-10-24(11-13-25)31(20-37)40-36(47)48/h14-15,18-19,21-25,28,31-32,39-40H,5-13,16-17,20H2,1-4H3,(H,38,45)(H,41,44)(H,47,48)/t24-,25-,28-,31+,32-/m0/s1. The quantitative estimate of drug-likeness (QED) is 0.194. The van der Waals surface area contributed by atoms with E-state index in [0.29, 0.717) is 54.7 Å². The van der Waals surface area contributed by atoms with Crippen molar-refractivity contribution in [3.63, 3.8) is 0 Å². The van der Waals surface area contributed by atoms with Crippen LogP contribution >= 0.6 is 0 Å². The van der Waals surface area contributed by atoms with Gasteiger partial charge in [0.25, 0.3) is 5.91 Å². The number of carbonyl (C=O) groups excluding carboxylic acids is 3. The predicted octanol–water partition coefficient (Wildman–Crippen LogP) is 5.41. The molecule has 15 heteroatoms. The van der Waals surface area contributed by atoms with Crippen molar-refractivity contribution in [2.45, 2.75) is 116 Å². The second-order valence-electron chi connectivity index (χ2n) is 15.1. The number of aromatic nitrogens is 1. The van der Waals surface area contributed by atoms with E-state index in [4.69, 9.17) is 5.11 Å². The molecule has 3 aliphatic rings. The molecule has 2 saturated carbocycles. The number of nitrogens with zero attached hydrogens (tertiary/aromatic N) is 2. The molecule has 5 rings (SSSR count). The number of hydrogen-bond acceptors (Lipinski definition) is 6. The minimum absolute atomic E-state index is 0.0192. The van der Waals surface area contributed by atoms with Crippen molar-refractivity contribution in [2.24, 2.45) is 23.7 Å². The van der Waals surface area contributed by atoms with E-state index in [1.807, 2.05) is 0 Å². The Morgan fingerprint density at radius 2 is 1.63 bits per heavy atom. The zero-order valence-electron chi connectivity index (χ0n) is 30.0. The summed E-state index contributed by atoms with van der Waals surface area (Å²) >= 11 is 0. The Labute approximate surface area is 299 Å². The number of likely N-dealkylation sites (tertiary alicyclic amines) is 1. The summed E-state index contributed by atoms with van der Waals surface area (Å²) in [6.45, 7) is 6.63. The number of anilines is 1. The number of aromatic amines is 1. The van der Waals surface area contributed by atoms with Crippen molar-refractivity contribution in [3.05, 3.63) is 30.0 Å². The highest BCUT2D eigenvalue weighted by molar-refractivity contribution is 7.87. The van der Waals surface area contributed by atoms with Gasteiger partial charge in [-0.25, -0.2) is 13.9 Å². The molecule has 1 aliphatic heterocycles. The molecule has 1 aromatic carbocycles. The number of fused-ring (bicyclic) bond motifs is 1. The molecule has 51 heavy (non-hydrogen) atoms. The minimum Gasteiger partial charge on any atom is -0.465 e. The van der Waals surface area contributed by atoms with E-state index < -0.39 is 41.0 Å². The number of amides is 4. The van der Waals surface area contributed by atoms with Crippen LogP contribution in [0.25, 0.3) is 10.9 Å². The van der Waals surface area contributed by atoms with Gasteiger partial charge in [-0.05, 0) is 102 Å². The maximum absolute atomic E-state index is 14.2. The van der Waals surface area contributed by atoms with Gasteiger partial charge >= 0.3 is 16.3 Å². The summed E-state index contributed by atoms with van der Waals surface area (Å²) < 4.78 is 43.0. The first kappa shape index (κ1) is 38.5. The van der Waals surface area contributed by atoms with Crippen molar-refractivity contribution < 1.29 is 37.1 Å². The molecule has 1 aromatic heterocycles. The van der Waals surface area contributed by atoms with Gasteiger partial charge < -0.3 is 25.6 Å². The molecule has 0 spiro atoms. The number of alkyl halides is 1. The zero-order valence-corrected chi connectivity index (χ0v) is 30.8. The first-order chi connectivity index (χ1) is 24.2.